The first-order valence-electron chi connectivity index (χ1n) is 6.00. The molecule has 1 heterocycles. The van der Waals surface area contributed by atoms with Crippen LogP contribution >= 0.6 is 0 Å². The Kier molecular flexibility index (Phi) is 4.87. The molecular formula is C15H18FNO2. The topological polar surface area (TPSA) is 56.2 Å². The molecule has 0 atom stereocenters. The van der Waals surface area contributed by atoms with E-state index in [9.17, 15) is 9.18 Å². The number of allylic oxidation sites excluding steroid dienone is 2. The number of halogens is 1. The van der Waals surface area contributed by atoms with Crippen LogP contribution in [0.4, 0.5) is 4.39 Å². The molecule has 0 amide bonds. The maximum absolute atomic E-state index is 13.0. The van der Waals surface area contributed by atoms with Crippen molar-refractivity contribution in [1.29, 1.82) is 0 Å². The first-order valence-corrected chi connectivity index (χ1v) is 6.00. The highest BCUT2D eigenvalue weighted by Crippen LogP contribution is 2.20. The molecule has 19 heavy (non-hydrogen) atoms. The van der Waals surface area contributed by atoms with Crippen molar-refractivity contribution in [3.8, 4) is 0 Å². The summed E-state index contributed by atoms with van der Waals surface area (Å²) in [6, 6.07) is 0. The van der Waals surface area contributed by atoms with Gasteiger partial charge in [0, 0.05) is 11.8 Å². The van der Waals surface area contributed by atoms with Crippen LogP contribution in [0, 0.1) is 6.92 Å². The molecule has 4 heteroatoms. The molecule has 3 nitrogen and oxygen atoms in total. The van der Waals surface area contributed by atoms with Crippen LogP contribution in [0.5, 0.6) is 0 Å². The molecule has 0 radical (unpaired) electrons. The molecule has 0 saturated heterocycles. The molecule has 2 N–H and O–H groups in total. The zero-order valence-electron chi connectivity index (χ0n) is 11.4. The van der Waals surface area contributed by atoms with Crippen LogP contribution in [0.25, 0.3) is 12.2 Å². The first kappa shape index (κ1) is 15.0. The van der Waals surface area contributed by atoms with Gasteiger partial charge in [-0.2, -0.15) is 0 Å². The van der Waals surface area contributed by atoms with Gasteiger partial charge in [0.2, 0.25) is 0 Å². The Balaban J connectivity index is 3.60. The van der Waals surface area contributed by atoms with E-state index in [4.69, 9.17) is 10.2 Å². The molecule has 0 aromatic carbocycles. The molecule has 0 aliphatic carbocycles. The lowest BCUT2D eigenvalue weighted by atomic mass is 10.00. The minimum absolute atomic E-state index is 0.259. The van der Waals surface area contributed by atoms with Gasteiger partial charge in [-0.15, -0.1) is 0 Å². The lowest BCUT2D eigenvalue weighted by Crippen LogP contribution is -2.11. The van der Waals surface area contributed by atoms with E-state index < -0.39 is 11.5 Å². The minimum atomic E-state index is -0.567. The SMILES string of the molecule is C=C/C(N)=C\c1oc(=O)c(/C=C(\C)F)c(CC)c1C. The van der Waals surface area contributed by atoms with Crippen molar-refractivity contribution in [3.63, 3.8) is 0 Å². The van der Waals surface area contributed by atoms with Gasteiger partial charge >= 0.3 is 5.63 Å². The summed E-state index contributed by atoms with van der Waals surface area (Å²) in [5.41, 5.74) is 7.27. The van der Waals surface area contributed by atoms with Gasteiger partial charge in [-0.05, 0) is 43.5 Å². The summed E-state index contributed by atoms with van der Waals surface area (Å²) in [6.07, 6.45) is 4.80. The Morgan fingerprint density at radius 1 is 1.47 bits per heavy atom. The second kappa shape index (κ2) is 6.18. The molecule has 0 fully saturated rings. The lowest BCUT2D eigenvalue weighted by Gasteiger charge is -2.09. The van der Waals surface area contributed by atoms with E-state index in [1.54, 1.807) is 6.08 Å². The van der Waals surface area contributed by atoms with E-state index in [2.05, 4.69) is 6.58 Å². The van der Waals surface area contributed by atoms with E-state index in [0.717, 1.165) is 11.1 Å². The van der Waals surface area contributed by atoms with Crippen LogP contribution in [-0.4, -0.2) is 0 Å². The van der Waals surface area contributed by atoms with E-state index in [1.807, 2.05) is 13.8 Å². The smallest absolute Gasteiger partial charge is 0.343 e. The van der Waals surface area contributed by atoms with Gasteiger partial charge in [-0.1, -0.05) is 13.5 Å². The quantitative estimate of drug-likeness (QED) is 0.848. The molecule has 0 bridgehead atoms. The van der Waals surface area contributed by atoms with Crippen molar-refractivity contribution in [2.45, 2.75) is 27.2 Å². The summed E-state index contributed by atoms with van der Waals surface area (Å²) < 4.78 is 18.2. The molecule has 0 spiro atoms. The molecule has 0 aliphatic rings. The standard InChI is InChI=1S/C15H18FNO2/c1-5-11(17)8-14-10(4)12(6-2)13(7-9(3)16)15(18)19-14/h5,7-8H,1,6,17H2,2-4H3/b9-7+,11-8+. The van der Waals surface area contributed by atoms with Gasteiger partial charge in [0.05, 0.1) is 11.4 Å². The van der Waals surface area contributed by atoms with Crippen molar-refractivity contribution in [2.24, 2.45) is 5.73 Å². The van der Waals surface area contributed by atoms with E-state index in [0.29, 0.717) is 17.9 Å². The summed E-state index contributed by atoms with van der Waals surface area (Å²) in [5.74, 6) is -0.0526. The third-order valence-electron chi connectivity index (χ3n) is 2.80. The van der Waals surface area contributed by atoms with E-state index >= 15 is 0 Å². The maximum Gasteiger partial charge on any atom is 0.343 e. The summed E-state index contributed by atoms with van der Waals surface area (Å²) in [6.45, 7) is 8.54. The summed E-state index contributed by atoms with van der Waals surface area (Å²) in [7, 11) is 0. The summed E-state index contributed by atoms with van der Waals surface area (Å²) in [5, 5.41) is 0. The number of hydrogen-bond acceptors (Lipinski definition) is 3. The second-order valence-corrected chi connectivity index (χ2v) is 4.20. The van der Waals surface area contributed by atoms with Crippen LogP contribution in [0.2, 0.25) is 0 Å². The van der Waals surface area contributed by atoms with Gasteiger partial charge in [0.15, 0.2) is 0 Å². The van der Waals surface area contributed by atoms with Gasteiger partial charge in [-0.25, -0.2) is 9.18 Å². The minimum Gasteiger partial charge on any atom is -0.423 e. The average molecular weight is 263 g/mol. The number of rotatable bonds is 4. The summed E-state index contributed by atoms with van der Waals surface area (Å²) >= 11 is 0. The van der Waals surface area contributed by atoms with Crippen molar-refractivity contribution < 1.29 is 8.81 Å². The molecule has 102 valence electrons. The third kappa shape index (κ3) is 3.44. The predicted octanol–water partition coefficient (Wildman–Crippen LogP) is 3.33. The second-order valence-electron chi connectivity index (χ2n) is 4.20. The molecule has 1 aromatic heterocycles. The van der Waals surface area contributed by atoms with E-state index in [1.165, 1.54) is 19.1 Å². The average Bonchev–Trinajstić information content (AvgIpc) is 2.35. The van der Waals surface area contributed by atoms with Crippen molar-refractivity contribution >= 4 is 12.2 Å². The van der Waals surface area contributed by atoms with Gasteiger partial charge in [0.25, 0.3) is 0 Å². The molecule has 1 rings (SSSR count). The lowest BCUT2D eigenvalue weighted by molar-refractivity contribution is 0.491. The van der Waals surface area contributed by atoms with Crippen molar-refractivity contribution in [1.82, 2.24) is 0 Å². The number of nitrogens with two attached hydrogens (primary N) is 1. The van der Waals surface area contributed by atoms with Crippen molar-refractivity contribution in [2.75, 3.05) is 0 Å². The zero-order chi connectivity index (χ0) is 14.6. The zero-order valence-corrected chi connectivity index (χ0v) is 11.4. The van der Waals surface area contributed by atoms with E-state index in [-0.39, 0.29) is 5.56 Å². The Hall–Kier alpha value is -2.10. The molecule has 0 unspecified atom stereocenters. The number of hydrogen-bond donors (Lipinski definition) is 1. The highest BCUT2D eigenvalue weighted by molar-refractivity contribution is 5.61. The maximum atomic E-state index is 13.0. The molecule has 0 aliphatic heterocycles. The molecule has 0 saturated carbocycles. The predicted molar refractivity (Wildman–Crippen MR) is 76.2 cm³/mol. The van der Waals surface area contributed by atoms with Crippen molar-refractivity contribution in [3.05, 3.63) is 57.0 Å². The van der Waals surface area contributed by atoms with Gasteiger partial charge in [-0.3, -0.25) is 0 Å². The Bertz CT molecular complexity index is 605. The normalized spacial score (nSPS) is 12.6. The fraction of sp³-hybridized carbons (Fsp3) is 0.267. The van der Waals surface area contributed by atoms with Crippen LogP contribution in [0.15, 0.2) is 33.4 Å². The Labute approximate surface area is 111 Å². The van der Waals surface area contributed by atoms with Gasteiger partial charge < -0.3 is 10.2 Å². The van der Waals surface area contributed by atoms with Crippen LogP contribution < -0.4 is 11.4 Å². The monoisotopic (exact) mass is 263 g/mol. The van der Waals surface area contributed by atoms with Gasteiger partial charge in [0.1, 0.15) is 5.76 Å². The highest BCUT2D eigenvalue weighted by Gasteiger charge is 2.13. The third-order valence-corrected chi connectivity index (χ3v) is 2.80. The molecule has 1 aromatic rings. The Morgan fingerprint density at radius 2 is 2.11 bits per heavy atom. The summed E-state index contributed by atoms with van der Waals surface area (Å²) in [4.78, 5) is 11.9. The fourth-order valence-corrected chi connectivity index (χ4v) is 1.85. The Morgan fingerprint density at radius 3 is 2.58 bits per heavy atom. The first-order chi connectivity index (χ1) is 8.90. The molecular weight excluding hydrogens is 245 g/mol. The fourth-order valence-electron chi connectivity index (χ4n) is 1.85. The largest absolute Gasteiger partial charge is 0.423 e. The van der Waals surface area contributed by atoms with Crippen LogP contribution in [0.3, 0.4) is 0 Å². The van der Waals surface area contributed by atoms with Crippen LogP contribution in [0.1, 0.15) is 36.3 Å². The van der Waals surface area contributed by atoms with Crippen LogP contribution in [-0.2, 0) is 6.42 Å². The highest BCUT2D eigenvalue weighted by atomic mass is 19.1.